The number of anilines is 1. The first-order chi connectivity index (χ1) is 23.4. The van der Waals surface area contributed by atoms with Crippen molar-refractivity contribution in [1.82, 2.24) is 9.80 Å². The molecule has 2 unspecified atom stereocenters. The Hall–Kier alpha value is -5.15. The highest BCUT2D eigenvalue weighted by Crippen LogP contribution is 2.39. The molecular formula is C39H39N5O4. The lowest BCUT2D eigenvalue weighted by molar-refractivity contribution is 0.0703. The molecule has 0 spiro atoms. The lowest BCUT2D eigenvalue weighted by Crippen LogP contribution is -2.44. The topological polar surface area (TPSA) is 102 Å². The predicted octanol–water partition coefficient (Wildman–Crippen LogP) is 6.71. The van der Waals surface area contributed by atoms with E-state index in [1.165, 1.54) is 29.5 Å². The fraction of sp³-hybridized carbons (Fsp3) is 0.308. The third-order valence-corrected chi connectivity index (χ3v) is 9.86. The van der Waals surface area contributed by atoms with Crippen molar-refractivity contribution in [2.24, 2.45) is 9.98 Å². The molecule has 9 heteroatoms. The molecule has 2 atom stereocenters. The van der Waals surface area contributed by atoms with Crippen LogP contribution in [0.2, 0.25) is 0 Å². The molecule has 4 aromatic carbocycles. The summed E-state index contributed by atoms with van der Waals surface area (Å²) in [5.74, 6) is 1.73. The molecule has 0 aliphatic carbocycles. The number of nitrogens with two attached hydrogens (primary N) is 1. The molecule has 9 nitrogen and oxygen atoms in total. The smallest absolute Gasteiger partial charge is 0.257 e. The lowest BCUT2D eigenvalue weighted by Gasteiger charge is -2.34. The number of hydrogen-bond acceptors (Lipinski definition) is 8. The highest BCUT2D eigenvalue weighted by Gasteiger charge is 2.33. The third-order valence-electron chi connectivity index (χ3n) is 9.86. The molecule has 4 heterocycles. The Morgan fingerprint density at radius 3 is 2.35 bits per heavy atom. The number of aryl methyl sites for hydroxylation is 1. The molecule has 2 N–H and O–H groups in total. The van der Waals surface area contributed by atoms with Gasteiger partial charge in [0.2, 0.25) is 0 Å². The summed E-state index contributed by atoms with van der Waals surface area (Å²) in [6.07, 6.45) is 7.10. The van der Waals surface area contributed by atoms with Crippen molar-refractivity contribution < 1.29 is 19.0 Å². The van der Waals surface area contributed by atoms with Gasteiger partial charge in [-0.25, -0.2) is 0 Å². The maximum Gasteiger partial charge on any atom is 0.257 e. The highest BCUT2D eigenvalue weighted by molar-refractivity contribution is 6.03. The molecule has 48 heavy (non-hydrogen) atoms. The zero-order valence-electron chi connectivity index (χ0n) is 27.3. The molecule has 0 aromatic heterocycles. The minimum atomic E-state index is -0.108. The first-order valence-corrected chi connectivity index (χ1v) is 16.6. The fourth-order valence-electron chi connectivity index (χ4n) is 7.35. The van der Waals surface area contributed by atoms with Crippen molar-refractivity contribution in [2.45, 2.75) is 64.6 Å². The zero-order chi connectivity index (χ0) is 32.8. The normalized spacial score (nSPS) is 19.4. The third kappa shape index (κ3) is 5.79. The first-order valence-electron chi connectivity index (χ1n) is 16.6. The number of aliphatic imine (C=N–C) groups is 2. The van der Waals surface area contributed by atoms with E-state index in [1.807, 2.05) is 41.4 Å². The molecule has 4 aliphatic rings. The minimum Gasteiger partial charge on any atom is -0.493 e. The van der Waals surface area contributed by atoms with Crippen molar-refractivity contribution in [2.75, 3.05) is 19.4 Å². The van der Waals surface area contributed by atoms with E-state index in [2.05, 4.69) is 42.3 Å². The van der Waals surface area contributed by atoms with Crippen LogP contribution in [0.5, 0.6) is 17.2 Å². The minimum absolute atomic E-state index is 0.0656. The number of methoxy groups -OCH3 is 1. The van der Waals surface area contributed by atoms with Gasteiger partial charge < -0.3 is 24.8 Å². The second-order valence-electron chi connectivity index (χ2n) is 13.1. The van der Waals surface area contributed by atoms with Gasteiger partial charge in [-0.05, 0) is 96.4 Å². The summed E-state index contributed by atoms with van der Waals surface area (Å²) in [6, 6.07) is 22.2. The molecule has 0 radical (unpaired) electrons. The molecule has 0 saturated carbocycles. The maximum atomic E-state index is 13.7. The van der Waals surface area contributed by atoms with E-state index in [0.29, 0.717) is 47.6 Å². The van der Waals surface area contributed by atoms with Crippen molar-refractivity contribution in [3.05, 3.63) is 106 Å². The molecule has 244 valence electrons. The van der Waals surface area contributed by atoms with Gasteiger partial charge in [-0.3, -0.25) is 19.7 Å². The van der Waals surface area contributed by atoms with E-state index in [4.69, 9.17) is 29.9 Å². The Balaban J connectivity index is 0.977. The number of hydrogen-bond donors (Lipinski definition) is 1. The van der Waals surface area contributed by atoms with Crippen LogP contribution < -0.4 is 19.9 Å². The van der Waals surface area contributed by atoms with E-state index in [1.54, 1.807) is 19.2 Å². The van der Waals surface area contributed by atoms with Gasteiger partial charge in [0.05, 0.1) is 30.1 Å². The molecule has 1 fully saturated rings. The Bertz CT molecular complexity index is 1970. The van der Waals surface area contributed by atoms with Gasteiger partial charge in [-0.2, -0.15) is 0 Å². The Kier molecular flexibility index (Phi) is 7.84. The number of ether oxygens (including phenoxy) is 3. The van der Waals surface area contributed by atoms with Crippen LogP contribution in [0.1, 0.15) is 56.6 Å². The largest absolute Gasteiger partial charge is 0.493 e. The number of nitrogens with zero attached hydrogens (tertiary/aromatic N) is 4. The van der Waals surface area contributed by atoms with E-state index in [9.17, 15) is 4.79 Å². The van der Waals surface area contributed by atoms with Gasteiger partial charge in [0.1, 0.15) is 19.0 Å². The van der Waals surface area contributed by atoms with Crippen LogP contribution in [0.25, 0.3) is 0 Å². The standard InChI is InChI=1S/C39H39N5O4/c1-24-10-29-20-43-9-5-8-31(43)18-41-34(29)16-36(24)47-22-25-11-26(13-30(40)12-25)23-48-38-17-35-33(15-37(38)46-2)39(45)44-21-28-7-4-3-6-27(28)14-32(44)19-42-35/h3-4,6-7,10-13,15-19,31-32H,5,8-9,14,20-23,40H2,1-2H3. The van der Waals surface area contributed by atoms with Crippen molar-refractivity contribution in [3.63, 3.8) is 0 Å². The Morgan fingerprint density at radius 1 is 0.812 bits per heavy atom. The van der Waals surface area contributed by atoms with Crippen LogP contribution in [0.3, 0.4) is 0 Å². The summed E-state index contributed by atoms with van der Waals surface area (Å²) in [4.78, 5) is 27.7. The lowest BCUT2D eigenvalue weighted by atomic mass is 9.94. The van der Waals surface area contributed by atoms with Crippen molar-refractivity contribution in [1.29, 1.82) is 0 Å². The van der Waals surface area contributed by atoms with Gasteiger partial charge in [0, 0.05) is 49.4 Å². The average molecular weight is 642 g/mol. The van der Waals surface area contributed by atoms with Crippen molar-refractivity contribution >= 4 is 35.4 Å². The molecule has 8 rings (SSSR count). The van der Waals surface area contributed by atoms with Crippen molar-refractivity contribution in [3.8, 4) is 17.2 Å². The number of amides is 1. The Morgan fingerprint density at radius 2 is 1.54 bits per heavy atom. The zero-order valence-corrected chi connectivity index (χ0v) is 27.3. The summed E-state index contributed by atoms with van der Waals surface area (Å²) in [5, 5.41) is 0. The second kappa shape index (κ2) is 12.5. The Labute approximate surface area is 280 Å². The molecule has 0 bridgehead atoms. The number of nitrogen functional groups attached to an aromatic ring is 1. The van der Waals surface area contributed by atoms with E-state index < -0.39 is 0 Å². The van der Waals surface area contributed by atoms with E-state index in [-0.39, 0.29) is 18.6 Å². The molecule has 1 amide bonds. The average Bonchev–Trinajstić information content (AvgIpc) is 3.41. The number of carbonyl (C=O) groups excluding carboxylic acids is 1. The molecule has 1 saturated heterocycles. The fourth-order valence-corrected chi connectivity index (χ4v) is 7.35. The summed E-state index contributed by atoms with van der Waals surface area (Å²) in [7, 11) is 1.58. The van der Waals surface area contributed by atoms with E-state index in [0.717, 1.165) is 47.6 Å². The van der Waals surface area contributed by atoms with Crippen LogP contribution in [0, 0.1) is 6.92 Å². The summed E-state index contributed by atoms with van der Waals surface area (Å²) >= 11 is 0. The number of fused-ring (bicyclic) bond motifs is 5. The SMILES string of the molecule is COc1cc2c(cc1OCc1cc(N)cc(COc3cc4c(cc3C)CN3CCCC3C=N4)c1)N=CC1Cc3ccccc3CN1C2=O. The first kappa shape index (κ1) is 30.2. The number of benzene rings is 4. The van der Waals surface area contributed by atoms with Crippen LogP contribution in [-0.4, -0.2) is 53.9 Å². The van der Waals surface area contributed by atoms with Crippen LogP contribution in [0.15, 0.2) is 76.7 Å². The van der Waals surface area contributed by atoms with E-state index >= 15 is 0 Å². The van der Waals surface area contributed by atoms with Gasteiger partial charge in [0.25, 0.3) is 5.91 Å². The van der Waals surface area contributed by atoms with Crippen LogP contribution in [0.4, 0.5) is 17.1 Å². The van der Waals surface area contributed by atoms with Gasteiger partial charge in [0.15, 0.2) is 11.5 Å². The number of carbonyl (C=O) groups is 1. The van der Waals surface area contributed by atoms with Crippen LogP contribution in [-0.2, 0) is 32.7 Å². The number of rotatable bonds is 7. The van der Waals surface area contributed by atoms with Crippen LogP contribution >= 0.6 is 0 Å². The quantitative estimate of drug-likeness (QED) is 0.225. The molecule has 4 aromatic rings. The van der Waals surface area contributed by atoms with Gasteiger partial charge in [-0.1, -0.05) is 24.3 Å². The summed E-state index contributed by atoms with van der Waals surface area (Å²) in [6.45, 7) is 5.28. The summed E-state index contributed by atoms with van der Waals surface area (Å²) in [5.41, 5.74) is 15.6. The van der Waals surface area contributed by atoms with Gasteiger partial charge in [-0.15, -0.1) is 0 Å². The second-order valence-corrected chi connectivity index (χ2v) is 13.1. The molecular weight excluding hydrogens is 602 g/mol. The maximum absolute atomic E-state index is 13.7. The molecule has 4 aliphatic heterocycles. The summed E-state index contributed by atoms with van der Waals surface area (Å²) < 4.78 is 18.3. The predicted molar refractivity (Wildman–Crippen MR) is 187 cm³/mol. The monoisotopic (exact) mass is 641 g/mol. The van der Waals surface area contributed by atoms with Gasteiger partial charge >= 0.3 is 0 Å². The highest BCUT2D eigenvalue weighted by atomic mass is 16.5.